The molecule has 0 aromatic heterocycles. The van der Waals surface area contributed by atoms with Gasteiger partial charge >= 0.3 is 27.5 Å². The van der Waals surface area contributed by atoms with Gasteiger partial charge in [-0.15, -0.1) is 0 Å². The van der Waals surface area contributed by atoms with Crippen molar-refractivity contribution in [3.63, 3.8) is 0 Å². The highest BCUT2D eigenvalue weighted by atomic mass is 35.5. The van der Waals surface area contributed by atoms with Crippen LogP contribution in [0.15, 0.2) is 53.8 Å². The summed E-state index contributed by atoms with van der Waals surface area (Å²) in [6.07, 6.45) is -4.56. The molecule has 3 amide bonds. The van der Waals surface area contributed by atoms with Crippen molar-refractivity contribution in [3.05, 3.63) is 69.4 Å². The molecular formula is C22H23Cl2F3N4O10P2. The molecule has 21 heteroatoms. The molecule has 0 unspecified atom stereocenters. The number of carbonyl (C=O) groups is 3. The lowest BCUT2D eigenvalue weighted by Gasteiger charge is -2.33. The van der Waals surface area contributed by atoms with Crippen LogP contribution in [0, 0.1) is 0 Å². The zero-order chi connectivity index (χ0) is 32.5. The first-order valence-electron chi connectivity index (χ1n) is 11.9. The van der Waals surface area contributed by atoms with E-state index in [1.807, 2.05) is 0 Å². The molecule has 1 aromatic carbocycles. The van der Waals surface area contributed by atoms with Crippen LogP contribution in [-0.2, 0) is 18.7 Å². The third kappa shape index (κ3) is 7.80. The van der Waals surface area contributed by atoms with Crippen LogP contribution < -0.4 is 5.32 Å². The van der Waals surface area contributed by atoms with Gasteiger partial charge in [0.25, 0.3) is 5.91 Å². The molecule has 0 saturated heterocycles. The number of rotatable bonds is 9. The van der Waals surface area contributed by atoms with E-state index in [1.165, 1.54) is 37.3 Å². The van der Waals surface area contributed by atoms with Crippen LogP contribution in [0.4, 0.5) is 18.0 Å². The molecule has 43 heavy (non-hydrogen) atoms. The Kier molecular flexibility index (Phi) is 10.5. The highest BCUT2D eigenvalue weighted by Gasteiger charge is 2.53. The minimum absolute atomic E-state index is 0.0442. The van der Waals surface area contributed by atoms with Crippen molar-refractivity contribution in [2.75, 3.05) is 13.3 Å². The first-order chi connectivity index (χ1) is 19.8. The molecule has 3 rings (SSSR count). The van der Waals surface area contributed by atoms with Gasteiger partial charge in [-0.1, -0.05) is 42.3 Å². The fourth-order valence-electron chi connectivity index (χ4n) is 4.04. The number of nitrogens with one attached hydrogen (secondary N) is 1. The molecule has 0 fully saturated rings. The van der Waals surface area contributed by atoms with Crippen LogP contribution in [0.1, 0.15) is 30.1 Å². The lowest BCUT2D eigenvalue weighted by atomic mass is 10.2. The number of imide groups is 1. The van der Waals surface area contributed by atoms with E-state index in [4.69, 9.17) is 27.9 Å². The van der Waals surface area contributed by atoms with Crippen LogP contribution in [0.25, 0.3) is 0 Å². The number of ether oxygens (including phenoxy) is 1. The smallest absolute Gasteiger partial charge is 0.427 e. The molecule has 0 bridgehead atoms. The molecule has 0 atom stereocenters. The van der Waals surface area contributed by atoms with Gasteiger partial charge in [-0.25, -0.2) is 9.69 Å². The summed E-state index contributed by atoms with van der Waals surface area (Å²) in [6.45, 7) is -0.133. The SMILES string of the molecule is CCCC(=O)N(C(=O)OCN1C(C(F)(F)F)=CN2CC=CC(NC(=O)c3c(Cl)cccc3Cl)=C21)C(P(=O)(O)O)P(=O)(O)O. The maximum absolute atomic E-state index is 14.1. The molecule has 2 aliphatic heterocycles. The van der Waals surface area contributed by atoms with Gasteiger partial charge in [0.2, 0.25) is 11.4 Å². The Morgan fingerprint density at radius 3 is 2.21 bits per heavy atom. The summed E-state index contributed by atoms with van der Waals surface area (Å²) in [7, 11) is -11.8. The lowest BCUT2D eigenvalue weighted by molar-refractivity contribution is -0.131. The van der Waals surface area contributed by atoms with Crippen molar-refractivity contribution >= 4 is 56.3 Å². The number of halogens is 5. The number of fused-ring (bicyclic) bond motifs is 1. The number of benzene rings is 1. The Morgan fingerprint density at radius 1 is 1.12 bits per heavy atom. The van der Waals surface area contributed by atoms with Crippen molar-refractivity contribution < 1.29 is 61.0 Å². The first-order valence-corrected chi connectivity index (χ1v) is 16.0. The van der Waals surface area contributed by atoms with E-state index in [9.17, 15) is 56.3 Å². The molecule has 2 heterocycles. The van der Waals surface area contributed by atoms with Crippen molar-refractivity contribution in [2.45, 2.75) is 31.5 Å². The predicted octanol–water partition coefficient (Wildman–Crippen LogP) is 3.85. The number of alkyl halides is 3. The first kappa shape index (κ1) is 34.6. The standard InChI is InChI=1S/C22H23Cl2F3N4O10P2/c1-2-5-16(32)31(21(42(35,36)37)43(38,39)40)20(34)41-11-30-15(22(25,26)27)10-29-9-4-8-14(19(29)30)28-18(33)17-12(23)6-3-7-13(17)24/h3-4,6-8,10,21H,2,5,9,11H2,1H3,(H,28,33)(H2,35,36,37)(H2,38,39,40). The second-order valence-corrected chi connectivity index (χ2v) is 13.4. The number of amides is 3. The number of carbonyl (C=O) groups excluding carboxylic acids is 3. The highest BCUT2D eigenvalue weighted by molar-refractivity contribution is 7.70. The summed E-state index contributed by atoms with van der Waals surface area (Å²) in [6, 6.07) is 4.15. The Hall–Kier alpha value is -2.88. The molecule has 2 aliphatic rings. The Bertz CT molecular complexity index is 1470. The van der Waals surface area contributed by atoms with E-state index in [0.717, 1.165) is 4.90 Å². The molecule has 1 aromatic rings. The van der Waals surface area contributed by atoms with E-state index >= 15 is 0 Å². The van der Waals surface area contributed by atoms with Crippen molar-refractivity contribution in [2.24, 2.45) is 0 Å². The number of allylic oxidation sites excluding steroid dienone is 2. The zero-order valence-corrected chi connectivity index (χ0v) is 25.0. The van der Waals surface area contributed by atoms with Crippen LogP contribution in [0.5, 0.6) is 0 Å². The van der Waals surface area contributed by atoms with Gasteiger partial charge < -0.3 is 34.5 Å². The molecule has 5 N–H and O–H groups in total. The lowest BCUT2D eigenvalue weighted by Crippen LogP contribution is -2.46. The van der Waals surface area contributed by atoms with Crippen molar-refractivity contribution in [1.29, 1.82) is 0 Å². The third-order valence-corrected chi connectivity index (χ3v) is 9.83. The fourth-order valence-corrected chi connectivity index (χ4v) is 7.23. The minimum Gasteiger partial charge on any atom is -0.427 e. The third-order valence-electron chi connectivity index (χ3n) is 5.73. The van der Waals surface area contributed by atoms with Crippen LogP contribution >= 0.6 is 38.4 Å². The molecule has 14 nitrogen and oxygen atoms in total. The maximum atomic E-state index is 14.1. The molecule has 0 radical (unpaired) electrons. The average molecular weight is 693 g/mol. The summed E-state index contributed by atoms with van der Waals surface area (Å²) in [5, 5.41) is 2.24. The molecule has 0 aliphatic carbocycles. The number of hydrogen-bond acceptors (Lipinski definition) is 8. The predicted molar refractivity (Wildman–Crippen MR) is 144 cm³/mol. The monoisotopic (exact) mass is 692 g/mol. The van der Waals surface area contributed by atoms with E-state index in [-0.39, 0.29) is 40.1 Å². The Labute approximate surface area is 251 Å². The van der Waals surface area contributed by atoms with Crippen LogP contribution in [0.2, 0.25) is 10.0 Å². The molecule has 0 spiro atoms. The summed E-state index contributed by atoms with van der Waals surface area (Å²) >= 11 is 12.1. The topological polar surface area (TPSA) is 197 Å². The van der Waals surface area contributed by atoms with E-state index < -0.39 is 68.5 Å². The number of nitrogens with zero attached hydrogens (tertiary/aromatic N) is 3. The summed E-state index contributed by atoms with van der Waals surface area (Å²) in [5.74, 6) is -2.76. The van der Waals surface area contributed by atoms with Crippen molar-refractivity contribution in [3.8, 4) is 0 Å². The highest BCUT2D eigenvalue weighted by Crippen LogP contribution is 2.61. The van der Waals surface area contributed by atoms with Gasteiger partial charge in [0.15, 0.2) is 6.73 Å². The quantitative estimate of drug-likeness (QED) is 0.235. The fraction of sp³-hybridized carbons (Fsp3) is 0.318. The molecule has 0 saturated carbocycles. The Balaban J connectivity index is 2.02. The summed E-state index contributed by atoms with van der Waals surface area (Å²) in [4.78, 5) is 77.6. The molecule has 236 valence electrons. The second kappa shape index (κ2) is 13.0. The summed E-state index contributed by atoms with van der Waals surface area (Å²) < 4.78 is 70.8. The second-order valence-electron chi connectivity index (χ2n) is 8.86. The van der Waals surface area contributed by atoms with Gasteiger partial charge in [0.1, 0.15) is 11.5 Å². The van der Waals surface area contributed by atoms with Gasteiger partial charge in [-0.2, -0.15) is 13.2 Å². The zero-order valence-electron chi connectivity index (χ0n) is 21.7. The minimum atomic E-state index is -5.92. The van der Waals surface area contributed by atoms with Gasteiger partial charge in [-0.3, -0.25) is 23.6 Å². The number of hydrogen-bond donors (Lipinski definition) is 5. The van der Waals surface area contributed by atoms with Gasteiger partial charge in [0.05, 0.1) is 21.3 Å². The average Bonchev–Trinajstić information content (AvgIpc) is 3.24. The van der Waals surface area contributed by atoms with E-state index in [0.29, 0.717) is 11.1 Å². The van der Waals surface area contributed by atoms with Crippen molar-refractivity contribution in [1.82, 2.24) is 20.0 Å². The Morgan fingerprint density at radius 2 is 1.70 bits per heavy atom. The normalized spacial score (nSPS) is 15.5. The van der Waals surface area contributed by atoms with Gasteiger partial charge in [-0.05, 0) is 24.6 Å². The van der Waals surface area contributed by atoms with Gasteiger partial charge in [0, 0.05) is 19.2 Å². The van der Waals surface area contributed by atoms with E-state index in [2.05, 4.69) is 5.32 Å². The summed E-state index contributed by atoms with van der Waals surface area (Å²) in [5.41, 5.74) is -5.17. The van der Waals surface area contributed by atoms with Crippen LogP contribution in [-0.4, -0.2) is 77.2 Å². The van der Waals surface area contributed by atoms with E-state index in [1.54, 1.807) is 0 Å². The largest absolute Gasteiger partial charge is 0.433 e. The maximum Gasteiger partial charge on any atom is 0.433 e. The molecular weight excluding hydrogens is 670 g/mol. The van der Waals surface area contributed by atoms with Crippen LogP contribution in [0.3, 0.4) is 0 Å².